The summed E-state index contributed by atoms with van der Waals surface area (Å²) in [4.78, 5) is 11.2. The largest absolute Gasteiger partial charge is 0.295 e. The highest BCUT2D eigenvalue weighted by Crippen LogP contribution is 2.20. The molecule has 5 heteroatoms. The van der Waals surface area contributed by atoms with E-state index in [4.69, 9.17) is 0 Å². The minimum Gasteiger partial charge on any atom is -0.295 e. The highest BCUT2D eigenvalue weighted by atomic mass is 19.1. The first-order valence-electron chi connectivity index (χ1n) is 4.74. The predicted molar refractivity (Wildman–Crippen MR) is 56.4 cm³/mol. The Morgan fingerprint density at radius 1 is 1.38 bits per heavy atom. The van der Waals surface area contributed by atoms with Crippen LogP contribution in [0.5, 0.6) is 0 Å². The molecule has 2 aromatic rings. The van der Waals surface area contributed by atoms with Gasteiger partial charge in [0.1, 0.15) is 5.82 Å². The number of aromatic nitrogens is 3. The molecule has 0 aliphatic heterocycles. The number of carbonyl (C=O) groups excluding carboxylic acids is 1. The number of hydrogen-bond acceptors (Lipinski definition) is 3. The van der Waals surface area contributed by atoms with Gasteiger partial charge in [-0.3, -0.25) is 4.79 Å². The Bertz CT molecular complexity index is 548. The normalized spacial score (nSPS) is 10.4. The Morgan fingerprint density at radius 2 is 2.12 bits per heavy atom. The highest BCUT2D eigenvalue weighted by molar-refractivity contribution is 5.95. The van der Waals surface area contributed by atoms with Crippen LogP contribution in [0.1, 0.15) is 17.3 Å². The van der Waals surface area contributed by atoms with E-state index < -0.39 is 5.82 Å². The Hall–Kier alpha value is -2.04. The van der Waals surface area contributed by atoms with Crippen molar-refractivity contribution in [1.29, 1.82) is 0 Å². The van der Waals surface area contributed by atoms with Crippen molar-refractivity contribution in [1.82, 2.24) is 15.0 Å². The molecule has 0 unspecified atom stereocenters. The number of halogens is 1. The lowest BCUT2D eigenvalue weighted by Gasteiger charge is -2.03. The summed E-state index contributed by atoms with van der Waals surface area (Å²) in [6.45, 7) is 1.40. The second-order valence-corrected chi connectivity index (χ2v) is 3.53. The molecule has 4 nitrogen and oxygen atoms in total. The first kappa shape index (κ1) is 10.5. The molecule has 0 saturated heterocycles. The SMILES string of the molecule is CC(=O)c1cc(F)cc(-c2cnnn2C)c1. The van der Waals surface area contributed by atoms with Crippen LogP contribution in [0.25, 0.3) is 11.3 Å². The van der Waals surface area contributed by atoms with Gasteiger partial charge in [0, 0.05) is 18.2 Å². The van der Waals surface area contributed by atoms with E-state index >= 15 is 0 Å². The fraction of sp³-hybridized carbons (Fsp3) is 0.182. The summed E-state index contributed by atoms with van der Waals surface area (Å²) in [6.07, 6.45) is 1.53. The lowest BCUT2D eigenvalue weighted by atomic mass is 10.1. The van der Waals surface area contributed by atoms with Crippen molar-refractivity contribution in [3.63, 3.8) is 0 Å². The maximum absolute atomic E-state index is 13.3. The monoisotopic (exact) mass is 219 g/mol. The van der Waals surface area contributed by atoms with E-state index in [9.17, 15) is 9.18 Å². The lowest BCUT2D eigenvalue weighted by Crippen LogP contribution is -1.98. The van der Waals surface area contributed by atoms with E-state index in [-0.39, 0.29) is 5.78 Å². The second-order valence-electron chi connectivity index (χ2n) is 3.53. The molecule has 2 rings (SSSR count). The number of nitrogens with zero attached hydrogens (tertiary/aromatic N) is 3. The minimum absolute atomic E-state index is 0.170. The fourth-order valence-corrected chi connectivity index (χ4v) is 1.49. The molecule has 1 heterocycles. The molecule has 0 aliphatic rings. The number of ketones is 1. The van der Waals surface area contributed by atoms with Crippen LogP contribution in [0.2, 0.25) is 0 Å². The molecular weight excluding hydrogens is 209 g/mol. The van der Waals surface area contributed by atoms with Crippen molar-refractivity contribution in [2.75, 3.05) is 0 Å². The molecule has 0 fully saturated rings. The first-order chi connectivity index (χ1) is 7.58. The number of rotatable bonds is 2. The standard InChI is InChI=1S/C11H10FN3O/c1-7(16)8-3-9(5-10(12)4-8)11-6-13-14-15(11)2/h3-6H,1-2H3. The Balaban J connectivity index is 2.58. The van der Waals surface area contributed by atoms with Crippen LogP contribution >= 0.6 is 0 Å². The van der Waals surface area contributed by atoms with Crippen LogP contribution < -0.4 is 0 Å². The maximum atomic E-state index is 13.3. The zero-order chi connectivity index (χ0) is 11.7. The van der Waals surface area contributed by atoms with Gasteiger partial charge >= 0.3 is 0 Å². The number of aryl methyl sites for hydroxylation is 1. The van der Waals surface area contributed by atoms with Crippen LogP contribution in [-0.2, 0) is 7.05 Å². The molecule has 82 valence electrons. The van der Waals surface area contributed by atoms with E-state index in [1.807, 2.05) is 0 Å². The third-order valence-electron chi connectivity index (χ3n) is 2.31. The van der Waals surface area contributed by atoms with Crippen LogP contribution in [0.15, 0.2) is 24.4 Å². The lowest BCUT2D eigenvalue weighted by molar-refractivity contribution is 0.101. The van der Waals surface area contributed by atoms with E-state index in [1.54, 1.807) is 13.1 Å². The van der Waals surface area contributed by atoms with Crippen molar-refractivity contribution in [2.24, 2.45) is 7.05 Å². The topological polar surface area (TPSA) is 47.8 Å². The van der Waals surface area contributed by atoms with Gasteiger partial charge < -0.3 is 0 Å². The van der Waals surface area contributed by atoms with Crippen molar-refractivity contribution in [2.45, 2.75) is 6.92 Å². The average Bonchev–Trinajstić information content (AvgIpc) is 2.63. The van der Waals surface area contributed by atoms with Gasteiger partial charge in [0.15, 0.2) is 5.78 Å². The predicted octanol–water partition coefficient (Wildman–Crippen LogP) is 1.82. The first-order valence-corrected chi connectivity index (χ1v) is 4.74. The summed E-state index contributed by atoms with van der Waals surface area (Å²) in [7, 11) is 1.71. The van der Waals surface area contributed by atoms with Gasteiger partial charge in [-0.15, -0.1) is 5.10 Å². The summed E-state index contributed by atoms with van der Waals surface area (Å²) in [5.74, 6) is -0.611. The summed E-state index contributed by atoms with van der Waals surface area (Å²) >= 11 is 0. The van der Waals surface area contributed by atoms with Crippen LogP contribution in [0.4, 0.5) is 4.39 Å². The molecule has 0 saturated carbocycles. The summed E-state index contributed by atoms with van der Waals surface area (Å²) in [5.41, 5.74) is 1.61. The second kappa shape index (κ2) is 3.84. The molecule has 0 N–H and O–H groups in total. The fourth-order valence-electron chi connectivity index (χ4n) is 1.49. The van der Waals surface area contributed by atoms with Crippen LogP contribution in [-0.4, -0.2) is 20.8 Å². The van der Waals surface area contributed by atoms with Gasteiger partial charge in [-0.05, 0) is 25.1 Å². The smallest absolute Gasteiger partial charge is 0.159 e. The van der Waals surface area contributed by atoms with Crippen molar-refractivity contribution in [3.8, 4) is 11.3 Å². The minimum atomic E-state index is -0.441. The van der Waals surface area contributed by atoms with E-state index in [0.717, 1.165) is 0 Å². The summed E-state index contributed by atoms with van der Waals surface area (Å²) in [5, 5.41) is 7.46. The molecule has 0 spiro atoms. The van der Waals surface area contributed by atoms with Gasteiger partial charge in [-0.25, -0.2) is 9.07 Å². The number of hydrogen-bond donors (Lipinski definition) is 0. The average molecular weight is 219 g/mol. The van der Waals surface area contributed by atoms with Crippen molar-refractivity contribution in [3.05, 3.63) is 35.8 Å². The molecule has 1 aromatic heterocycles. The molecular formula is C11H10FN3O. The molecule has 0 atom stereocenters. The quantitative estimate of drug-likeness (QED) is 0.724. The Morgan fingerprint density at radius 3 is 2.69 bits per heavy atom. The number of carbonyl (C=O) groups is 1. The molecule has 1 aromatic carbocycles. The zero-order valence-corrected chi connectivity index (χ0v) is 8.94. The van der Waals surface area contributed by atoms with Gasteiger partial charge in [0.2, 0.25) is 0 Å². The third kappa shape index (κ3) is 1.84. The van der Waals surface area contributed by atoms with Crippen molar-refractivity contribution >= 4 is 5.78 Å². The van der Waals surface area contributed by atoms with E-state index in [2.05, 4.69) is 10.3 Å². The molecule has 0 amide bonds. The highest BCUT2D eigenvalue weighted by Gasteiger charge is 2.09. The van der Waals surface area contributed by atoms with Crippen LogP contribution in [0.3, 0.4) is 0 Å². The van der Waals surface area contributed by atoms with Crippen molar-refractivity contribution < 1.29 is 9.18 Å². The molecule has 0 radical (unpaired) electrons. The summed E-state index contributed by atoms with van der Waals surface area (Å²) in [6, 6.07) is 4.20. The van der Waals surface area contributed by atoms with Gasteiger partial charge in [-0.1, -0.05) is 5.21 Å². The van der Waals surface area contributed by atoms with Gasteiger partial charge in [0.05, 0.1) is 11.9 Å². The molecule has 0 aliphatic carbocycles. The van der Waals surface area contributed by atoms with E-state index in [1.165, 1.54) is 29.9 Å². The summed E-state index contributed by atoms with van der Waals surface area (Å²) < 4.78 is 14.8. The molecule has 16 heavy (non-hydrogen) atoms. The Kier molecular flexibility index (Phi) is 2.52. The van der Waals surface area contributed by atoms with Gasteiger partial charge in [-0.2, -0.15) is 0 Å². The van der Waals surface area contributed by atoms with E-state index in [0.29, 0.717) is 16.8 Å². The van der Waals surface area contributed by atoms with Gasteiger partial charge in [0.25, 0.3) is 0 Å². The van der Waals surface area contributed by atoms with Crippen LogP contribution in [0, 0.1) is 5.82 Å². The number of Topliss-reactive ketones (excluding diaryl/α,β-unsaturated/α-hetero) is 1. The zero-order valence-electron chi connectivity index (χ0n) is 8.94. The maximum Gasteiger partial charge on any atom is 0.159 e. The molecule has 0 bridgehead atoms. The third-order valence-corrected chi connectivity index (χ3v) is 2.31. The number of benzene rings is 1. The Labute approximate surface area is 91.7 Å².